The Morgan fingerprint density at radius 2 is 2.14 bits per heavy atom. The number of hydrogen-bond acceptors (Lipinski definition) is 4. The first-order valence-electron chi connectivity index (χ1n) is 7.02. The van der Waals surface area contributed by atoms with Gasteiger partial charge in [-0.3, -0.25) is 4.98 Å². The quantitative estimate of drug-likeness (QED) is 0.926. The summed E-state index contributed by atoms with van der Waals surface area (Å²) in [4.78, 5) is 8.92. The average Bonchev–Trinajstić information content (AvgIpc) is 2.84. The molecule has 0 aromatic carbocycles. The molecule has 22 heavy (non-hydrogen) atoms. The molecule has 0 fully saturated rings. The van der Waals surface area contributed by atoms with E-state index in [1.807, 2.05) is 31.3 Å². The van der Waals surface area contributed by atoms with Crippen LogP contribution in [0.5, 0.6) is 0 Å². The Bertz CT molecular complexity index is 603. The predicted molar refractivity (Wildman–Crippen MR) is 90.6 cm³/mol. The molecule has 0 bridgehead atoms. The minimum Gasteiger partial charge on any atom is -0.369 e. The summed E-state index contributed by atoms with van der Waals surface area (Å²) in [5.41, 5.74) is 3.13. The highest BCUT2D eigenvalue weighted by Crippen LogP contribution is 2.18. The topological polar surface area (TPSA) is 52.0 Å². The monoisotopic (exact) mass is 344 g/mol. The van der Waals surface area contributed by atoms with Gasteiger partial charge < -0.3 is 14.6 Å². The molecule has 0 spiro atoms. The lowest BCUT2D eigenvalue weighted by molar-refractivity contribution is 0.0988. The minimum atomic E-state index is 0. The number of hydrogen-bond donors (Lipinski definition) is 1. The van der Waals surface area contributed by atoms with Crippen LogP contribution in [0.1, 0.15) is 35.9 Å². The largest absolute Gasteiger partial charge is 0.369 e. The fraction of sp³-hybridized carbons (Fsp3) is 0.467. The Kier molecular flexibility index (Phi) is 7.29. The number of aromatic nitrogens is 3. The van der Waals surface area contributed by atoms with Gasteiger partial charge in [0.1, 0.15) is 5.82 Å². The standard InChI is InChI=1S/C15H20N4O.2ClH/c1-11-4-3-5-13(18-11)9-20-10-14-8-17-15-12(2)16-6-7-19(14)15;;/h3-5,8,12,16H,6-7,9-10H2,1-2H3;2*1H. The highest BCUT2D eigenvalue weighted by atomic mass is 35.5. The lowest BCUT2D eigenvalue weighted by atomic mass is 10.2. The average molecular weight is 345 g/mol. The maximum absolute atomic E-state index is 5.78. The fourth-order valence-electron chi connectivity index (χ4n) is 2.57. The molecule has 0 saturated carbocycles. The van der Waals surface area contributed by atoms with E-state index in [9.17, 15) is 0 Å². The van der Waals surface area contributed by atoms with Gasteiger partial charge in [0.05, 0.1) is 36.8 Å². The van der Waals surface area contributed by atoms with E-state index in [1.54, 1.807) is 0 Å². The van der Waals surface area contributed by atoms with E-state index >= 15 is 0 Å². The molecule has 0 aliphatic carbocycles. The van der Waals surface area contributed by atoms with E-state index in [2.05, 4.69) is 26.8 Å². The van der Waals surface area contributed by atoms with E-state index in [-0.39, 0.29) is 24.8 Å². The molecule has 1 aliphatic rings. The van der Waals surface area contributed by atoms with Crippen LogP contribution in [0.2, 0.25) is 0 Å². The number of aryl methyl sites for hydroxylation is 1. The normalized spacial score (nSPS) is 16.4. The summed E-state index contributed by atoms with van der Waals surface area (Å²) in [7, 11) is 0. The van der Waals surface area contributed by atoms with Crippen LogP contribution >= 0.6 is 24.8 Å². The van der Waals surface area contributed by atoms with Crippen LogP contribution in [0.15, 0.2) is 24.4 Å². The van der Waals surface area contributed by atoms with Gasteiger partial charge in [-0.15, -0.1) is 24.8 Å². The van der Waals surface area contributed by atoms with Crippen molar-refractivity contribution in [1.82, 2.24) is 19.9 Å². The fourth-order valence-corrected chi connectivity index (χ4v) is 2.57. The first-order valence-corrected chi connectivity index (χ1v) is 7.02. The van der Waals surface area contributed by atoms with Gasteiger partial charge in [0.25, 0.3) is 0 Å². The predicted octanol–water partition coefficient (Wildman–Crippen LogP) is 2.81. The summed E-state index contributed by atoms with van der Waals surface area (Å²) in [6.07, 6.45) is 1.92. The van der Waals surface area contributed by atoms with Crippen molar-refractivity contribution >= 4 is 24.8 Å². The third-order valence-corrected chi connectivity index (χ3v) is 3.59. The zero-order valence-corrected chi connectivity index (χ0v) is 14.4. The third kappa shape index (κ3) is 4.20. The Hall–Kier alpha value is -1.14. The Balaban J connectivity index is 0.00000121. The minimum absolute atomic E-state index is 0. The Labute approximate surface area is 143 Å². The number of nitrogens with one attached hydrogen (secondary N) is 1. The van der Waals surface area contributed by atoms with Gasteiger partial charge in [0.15, 0.2) is 0 Å². The van der Waals surface area contributed by atoms with Crippen LogP contribution < -0.4 is 5.32 Å². The summed E-state index contributed by atoms with van der Waals surface area (Å²) in [6, 6.07) is 6.31. The summed E-state index contributed by atoms with van der Waals surface area (Å²) in [5.74, 6) is 1.10. The molecule has 0 saturated heterocycles. The molecule has 0 radical (unpaired) electrons. The van der Waals surface area contributed by atoms with E-state index in [1.165, 1.54) is 0 Å². The molecule has 1 N–H and O–H groups in total. The summed E-state index contributed by atoms with van der Waals surface area (Å²) < 4.78 is 8.03. The van der Waals surface area contributed by atoms with E-state index in [0.717, 1.165) is 36.0 Å². The summed E-state index contributed by atoms with van der Waals surface area (Å²) in [6.45, 7) is 7.19. The molecule has 2 aromatic heterocycles. The van der Waals surface area contributed by atoms with Crippen LogP contribution in [0.3, 0.4) is 0 Å². The van der Waals surface area contributed by atoms with Gasteiger partial charge >= 0.3 is 0 Å². The molecule has 2 aromatic rings. The Morgan fingerprint density at radius 3 is 2.91 bits per heavy atom. The second-order valence-corrected chi connectivity index (χ2v) is 5.20. The van der Waals surface area contributed by atoms with Crippen LogP contribution in [0.25, 0.3) is 0 Å². The second kappa shape index (κ2) is 8.48. The number of pyridine rings is 1. The van der Waals surface area contributed by atoms with Crippen molar-refractivity contribution in [3.8, 4) is 0 Å². The van der Waals surface area contributed by atoms with Gasteiger partial charge in [-0.2, -0.15) is 0 Å². The van der Waals surface area contributed by atoms with Crippen LogP contribution in [-0.2, 0) is 24.5 Å². The molecule has 3 rings (SSSR count). The van der Waals surface area contributed by atoms with E-state index < -0.39 is 0 Å². The molecular weight excluding hydrogens is 323 g/mol. The van der Waals surface area contributed by atoms with Crippen molar-refractivity contribution in [3.63, 3.8) is 0 Å². The van der Waals surface area contributed by atoms with Gasteiger partial charge in [-0.25, -0.2) is 4.98 Å². The van der Waals surface area contributed by atoms with Crippen LogP contribution in [0.4, 0.5) is 0 Å². The maximum Gasteiger partial charge on any atom is 0.125 e. The highest BCUT2D eigenvalue weighted by Gasteiger charge is 2.19. The van der Waals surface area contributed by atoms with Gasteiger partial charge in [-0.1, -0.05) is 6.07 Å². The maximum atomic E-state index is 5.78. The number of imidazole rings is 1. The van der Waals surface area contributed by atoms with Crippen molar-refractivity contribution in [2.45, 2.75) is 39.6 Å². The third-order valence-electron chi connectivity index (χ3n) is 3.59. The smallest absolute Gasteiger partial charge is 0.125 e. The molecule has 1 aliphatic heterocycles. The van der Waals surface area contributed by atoms with E-state index in [4.69, 9.17) is 4.74 Å². The first kappa shape index (κ1) is 18.9. The molecule has 5 nitrogen and oxygen atoms in total. The number of fused-ring (bicyclic) bond motifs is 1. The number of nitrogens with zero attached hydrogens (tertiary/aromatic N) is 3. The molecule has 7 heteroatoms. The molecule has 1 atom stereocenters. The summed E-state index contributed by atoms with van der Waals surface area (Å²) in [5, 5.41) is 3.41. The number of ether oxygens (including phenoxy) is 1. The van der Waals surface area contributed by atoms with Gasteiger partial charge in [0.2, 0.25) is 0 Å². The van der Waals surface area contributed by atoms with Gasteiger partial charge in [0, 0.05) is 18.8 Å². The zero-order valence-electron chi connectivity index (χ0n) is 12.8. The second-order valence-electron chi connectivity index (χ2n) is 5.20. The first-order chi connectivity index (χ1) is 9.74. The van der Waals surface area contributed by atoms with Crippen molar-refractivity contribution in [3.05, 3.63) is 47.3 Å². The summed E-state index contributed by atoms with van der Waals surface area (Å²) >= 11 is 0. The zero-order chi connectivity index (χ0) is 13.9. The number of halogens is 2. The van der Waals surface area contributed by atoms with Crippen LogP contribution in [-0.4, -0.2) is 21.1 Å². The molecule has 3 heterocycles. The molecule has 0 amide bonds. The van der Waals surface area contributed by atoms with Crippen molar-refractivity contribution in [1.29, 1.82) is 0 Å². The SMILES string of the molecule is Cc1cccc(COCc2cnc3n2CCNC3C)n1.Cl.Cl. The van der Waals surface area contributed by atoms with Crippen LogP contribution in [0, 0.1) is 6.92 Å². The molecule has 1 unspecified atom stereocenters. The van der Waals surface area contributed by atoms with Crippen molar-refractivity contribution in [2.75, 3.05) is 6.54 Å². The molecule has 122 valence electrons. The van der Waals surface area contributed by atoms with Crippen molar-refractivity contribution in [2.24, 2.45) is 0 Å². The Morgan fingerprint density at radius 1 is 1.32 bits per heavy atom. The lowest BCUT2D eigenvalue weighted by Crippen LogP contribution is -2.32. The highest BCUT2D eigenvalue weighted by molar-refractivity contribution is 5.85. The number of rotatable bonds is 4. The van der Waals surface area contributed by atoms with E-state index in [0.29, 0.717) is 19.3 Å². The van der Waals surface area contributed by atoms with Crippen molar-refractivity contribution < 1.29 is 4.74 Å². The van der Waals surface area contributed by atoms with Gasteiger partial charge in [-0.05, 0) is 26.0 Å². The lowest BCUT2D eigenvalue weighted by Gasteiger charge is -2.23. The molecular formula is C15H22Cl2N4O.